The Hall–Kier alpha value is -3.55. The number of fused-ring (bicyclic) bond motifs is 1. The highest BCUT2D eigenvalue weighted by Gasteiger charge is 2.19. The summed E-state index contributed by atoms with van der Waals surface area (Å²) >= 11 is 0. The minimum atomic E-state index is -0.400. The average Bonchev–Trinajstić information content (AvgIpc) is 2.98. The Bertz CT molecular complexity index is 1150. The Labute approximate surface area is 160 Å². The SMILES string of the molecule is CC(C)Nc1nc(-c2ccc(F)cc2)c2c(N)n(-c3cccc(F)c3)nc2n1. The van der Waals surface area contributed by atoms with Crippen LogP contribution in [0.1, 0.15) is 13.8 Å². The molecule has 0 saturated heterocycles. The van der Waals surface area contributed by atoms with Crippen LogP contribution in [0.4, 0.5) is 20.5 Å². The number of nitrogens with one attached hydrogen (secondary N) is 1. The monoisotopic (exact) mass is 380 g/mol. The molecule has 2 aromatic carbocycles. The van der Waals surface area contributed by atoms with Crippen molar-refractivity contribution >= 4 is 22.8 Å². The maximum atomic E-state index is 13.7. The maximum absolute atomic E-state index is 13.7. The lowest BCUT2D eigenvalue weighted by atomic mass is 10.1. The Kier molecular flexibility index (Phi) is 4.38. The smallest absolute Gasteiger partial charge is 0.225 e. The van der Waals surface area contributed by atoms with Gasteiger partial charge in [-0.05, 0) is 56.3 Å². The molecule has 0 amide bonds. The highest BCUT2D eigenvalue weighted by atomic mass is 19.1. The van der Waals surface area contributed by atoms with E-state index in [0.29, 0.717) is 33.9 Å². The molecule has 3 N–H and O–H groups in total. The number of hydrogen-bond acceptors (Lipinski definition) is 5. The van der Waals surface area contributed by atoms with Gasteiger partial charge in [-0.3, -0.25) is 0 Å². The molecule has 2 aromatic heterocycles. The lowest BCUT2D eigenvalue weighted by Gasteiger charge is -2.10. The molecule has 6 nitrogen and oxygen atoms in total. The highest BCUT2D eigenvalue weighted by Crippen LogP contribution is 2.33. The molecule has 0 fully saturated rings. The first-order chi connectivity index (χ1) is 13.4. The van der Waals surface area contributed by atoms with Crippen molar-refractivity contribution in [2.24, 2.45) is 0 Å². The first-order valence-corrected chi connectivity index (χ1v) is 8.77. The zero-order valence-electron chi connectivity index (χ0n) is 15.3. The van der Waals surface area contributed by atoms with Crippen LogP contribution in [-0.2, 0) is 0 Å². The van der Waals surface area contributed by atoms with E-state index in [1.807, 2.05) is 13.8 Å². The second-order valence-electron chi connectivity index (χ2n) is 6.68. The van der Waals surface area contributed by atoms with E-state index >= 15 is 0 Å². The van der Waals surface area contributed by atoms with E-state index in [0.717, 1.165) is 0 Å². The van der Waals surface area contributed by atoms with E-state index in [1.54, 1.807) is 24.3 Å². The molecule has 28 heavy (non-hydrogen) atoms. The Morgan fingerprint density at radius 3 is 2.43 bits per heavy atom. The van der Waals surface area contributed by atoms with Crippen LogP contribution < -0.4 is 11.1 Å². The van der Waals surface area contributed by atoms with Gasteiger partial charge < -0.3 is 11.1 Å². The zero-order chi connectivity index (χ0) is 19.8. The maximum Gasteiger partial charge on any atom is 0.225 e. The third kappa shape index (κ3) is 3.24. The Balaban J connectivity index is 1.98. The molecule has 0 saturated carbocycles. The van der Waals surface area contributed by atoms with Crippen LogP contribution in [0.2, 0.25) is 0 Å². The zero-order valence-corrected chi connectivity index (χ0v) is 15.3. The minimum Gasteiger partial charge on any atom is -0.383 e. The van der Waals surface area contributed by atoms with E-state index in [4.69, 9.17) is 5.73 Å². The normalized spacial score (nSPS) is 11.3. The van der Waals surface area contributed by atoms with Gasteiger partial charge in [-0.1, -0.05) is 6.07 Å². The second kappa shape index (κ2) is 6.88. The number of aromatic nitrogens is 4. The van der Waals surface area contributed by atoms with Crippen LogP contribution in [0.25, 0.3) is 28.0 Å². The summed E-state index contributed by atoms with van der Waals surface area (Å²) in [5, 5.41) is 8.12. The molecule has 142 valence electrons. The van der Waals surface area contributed by atoms with Gasteiger partial charge in [-0.25, -0.2) is 18.4 Å². The van der Waals surface area contributed by atoms with Gasteiger partial charge in [0.15, 0.2) is 5.65 Å². The molecular weight excluding hydrogens is 362 g/mol. The lowest BCUT2D eigenvalue weighted by molar-refractivity contribution is 0.625. The van der Waals surface area contributed by atoms with Crippen molar-refractivity contribution in [2.75, 3.05) is 11.1 Å². The quantitative estimate of drug-likeness (QED) is 0.555. The molecule has 4 rings (SSSR count). The summed E-state index contributed by atoms with van der Waals surface area (Å²) in [6.45, 7) is 3.93. The Morgan fingerprint density at radius 1 is 1.00 bits per heavy atom. The number of anilines is 2. The van der Waals surface area contributed by atoms with Gasteiger partial charge in [-0.2, -0.15) is 4.98 Å². The topological polar surface area (TPSA) is 81.6 Å². The summed E-state index contributed by atoms with van der Waals surface area (Å²) < 4.78 is 28.5. The van der Waals surface area contributed by atoms with Gasteiger partial charge in [0, 0.05) is 11.6 Å². The standard InChI is InChI=1S/C20H18F2N6/c1-11(2)24-20-25-17(12-6-8-13(21)9-7-12)16-18(23)28(27-19(16)26-20)15-5-3-4-14(22)10-15/h3-11H,23H2,1-2H3,(H,24,26,27). The van der Waals surface area contributed by atoms with Crippen molar-refractivity contribution in [2.45, 2.75) is 19.9 Å². The molecule has 0 spiro atoms. The van der Waals surface area contributed by atoms with Crippen molar-refractivity contribution in [3.63, 3.8) is 0 Å². The molecule has 0 aliphatic carbocycles. The predicted octanol–water partition coefficient (Wildman–Crippen LogP) is 4.16. The third-order valence-corrected chi connectivity index (χ3v) is 4.16. The molecule has 4 aromatic rings. The second-order valence-corrected chi connectivity index (χ2v) is 6.68. The Morgan fingerprint density at radius 2 is 1.75 bits per heavy atom. The molecule has 0 radical (unpaired) electrons. The van der Waals surface area contributed by atoms with Gasteiger partial charge in [0.05, 0.1) is 16.8 Å². The summed E-state index contributed by atoms with van der Waals surface area (Å²) in [5.41, 5.74) is 8.37. The summed E-state index contributed by atoms with van der Waals surface area (Å²) in [5.74, 6) is -0.0943. The summed E-state index contributed by atoms with van der Waals surface area (Å²) in [7, 11) is 0. The average molecular weight is 380 g/mol. The van der Waals surface area contributed by atoms with Crippen LogP contribution in [-0.4, -0.2) is 25.8 Å². The van der Waals surface area contributed by atoms with Gasteiger partial charge >= 0.3 is 0 Å². The largest absolute Gasteiger partial charge is 0.383 e. The molecule has 2 heterocycles. The summed E-state index contributed by atoms with van der Waals surface area (Å²) in [4.78, 5) is 9.02. The number of nitrogens with two attached hydrogens (primary N) is 1. The molecule has 0 bridgehead atoms. The molecule has 0 unspecified atom stereocenters. The summed E-state index contributed by atoms with van der Waals surface area (Å²) in [6, 6.07) is 12.0. The number of nitrogens with zero attached hydrogens (tertiary/aromatic N) is 4. The fourth-order valence-electron chi connectivity index (χ4n) is 2.96. The molecule has 0 aliphatic heterocycles. The van der Waals surface area contributed by atoms with Crippen LogP contribution in [0.5, 0.6) is 0 Å². The van der Waals surface area contributed by atoms with Crippen molar-refractivity contribution in [1.29, 1.82) is 0 Å². The summed E-state index contributed by atoms with van der Waals surface area (Å²) in [6.07, 6.45) is 0. The number of hydrogen-bond donors (Lipinski definition) is 2. The fourth-order valence-corrected chi connectivity index (χ4v) is 2.96. The van der Waals surface area contributed by atoms with Gasteiger partial charge in [0.1, 0.15) is 17.5 Å². The van der Waals surface area contributed by atoms with Gasteiger partial charge in [-0.15, -0.1) is 5.10 Å². The van der Waals surface area contributed by atoms with Gasteiger partial charge in [0.2, 0.25) is 5.95 Å². The van der Waals surface area contributed by atoms with Crippen LogP contribution >= 0.6 is 0 Å². The first kappa shape index (κ1) is 17.8. The van der Waals surface area contributed by atoms with Crippen LogP contribution in [0, 0.1) is 11.6 Å². The third-order valence-electron chi connectivity index (χ3n) is 4.16. The van der Waals surface area contributed by atoms with Crippen molar-refractivity contribution in [1.82, 2.24) is 19.7 Å². The van der Waals surface area contributed by atoms with Crippen molar-refractivity contribution < 1.29 is 8.78 Å². The number of nitrogen functional groups attached to an aromatic ring is 1. The van der Waals surface area contributed by atoms with Crippen LogP contribution in [0.15, 0.2) is 48.5 Å². The fraction of sp³-hybridized carbons (Fsp3) is 0.150. The van der Waals surface area contributed by atoms with Crippen molar-refractivity contribution in [3.05, 3.63) is 60.2 Å². The molecule has 0 aliphatic rings. The van der Waals surface area contributed by atoms with Crippen molar-refractivity contribution in [3.8, 4) is 16.9 Å². The number of halogens is 2. The molecular formula is C20H18F2N6. The van der Waals surface area contributed by atoms with E-state index in [1.165, 1.54) is 28.9 Å². The van der Waals surface area contributed by atoms with E-state index in [9.17, 15) is 8.78 Å². The number of benzene rings is 2. The minimum absolute atomic E-state index is 0.0983. The number of rotatable bonds is 4. The van der Waals surface area contributed by atoms with Gasteiger partial charge in [0.25, 0.3) is 0 Å². The van der Waals surface area contributed by atoms with Crippen LogP contribution in [0.3, 0.4) is 0 Å². The lowest BCUT2D eigenvalue weighted by Crippen LogP contribution is -2.13. The van der Waals surface area contributed by atoms with E-state index in [2.05, 4.69) is 20.4 Å². The molecule has 0 atom stereocenters. The van der Waals surface area contributed by atoms with E-state index < -0.39 is 5.82 Å². The predicted molar refractivity (Wildman–Crippen MR) is 105 cm³/mol. The molecule has 8 heteroatoms. The highest BCUT2D eigenvalue weighted by molar-refractivity contribution is 5.99. The first-order valence-electron chi connectivity index (χ1n) is 8.77. The van der Waals surface area contributed by atoms with E-state index in [-0.39, 0.29) is 17.7 Å².